The van der Waals surface area contributed by atoms with Crippen molar-refractivity contribution in [3.63, 3.8) is 0 Å². The summed E-state index contributed by atoms with van der Waals surface area (Å²) in [6.45, 7) is 8.09. The summed E-state index contributed by atoms with van der Waals surface area (Å²) < 4.78 is 21.6. The van der Waals surface area contributed by atoms with E-state index in [2.05, 4.69) is 10.4 Å². The minimum Gasteiger partial charge on any atom is -0.486 e. The zero-order valence-corrected chi connectivity index (χ0v) is 18.6. The Morgan fingerprint density at radius 1 is 1.03 bits per heavy atom. The third-order valence-electron chi connectivity index (χ3n) is 4.76. The number of hydrazine groups is 1. The van der Waals surface area contributed by atoms with E-state index in [0.717, 1.165) is 0 Å². The summed E-state index contributed by atoms with van der Waals surface area (Å²) in [6, 6.07) is 6.45. The van der Waals surface area contributed by atoms with Crippen molar-refractivity contribution in [2.45, 2.75) is 33.2 Å². The van der Waals surface area contributed by atoms with Crippen LogP contribution < -0.4 is 24.4 Å². The molecule has 1 N–H and O–H groups in total. The molecule has 3 rings (SSSR count). The average molecular weight is 429 g/mol. The highest BCUT2D eigenvalue weighted by molar-refractivity contribution is 6.01. The Kier molecular flexibility index (Phi) is 6.24. The molecule has 0 saturated carbocycles. The number of benzene rings is 1. The molecule has 1 aliphatic heterocycles. The fraction of sp³-hybridized carbons (Fsp3) is 0.409. The van der Waals surface area contributed by atoms with Crippen LogP contribution in [0.2, 0.25) is 0 Å². The van der Waals surface area contributed by atoms with E-state index in [0.29, 0.717) is 41.7 Å². The minimum absolute atomic E-state index is 0.100. The normalized spacial score (nSPS) is 12.7. The first-order valence-electron chi connectivity index (χ1n) is 9.81. The topological polar surface area (TPSA) is 99.2 Å². The zero-order chi connectivity index (χ0) is 22.8. The van der Waals surface area contributed by atoms with Gasteiger partial charge in [-0.05, 0) is 45.9 Å². The molecule has 1 aliphatic rings. The number of amides is 2. The second kappa shape index (κ2) is 8.71. The third kappa shape index (κ3) is 4.50. The van der Waals surface area contributed by atoms with E-state index < -0.39 is 17.4 Å². The fourth-order valence-corrected chi connectivity index (χ4v) is 3.16. The Morgan fingerprint density at radius 3 is 2.35 bits per heavy atom. The first-order chi connectivity index (χ1) is 14.7. The lowest BCUT2D eigenvalue weighted by molar-refractivity contribution is 0.0354. The van der Waals surface area contributed by atoms with Crippen LogP contribution in [-0.4, -0.2) is 54.8 Å². The second-order valence-corrected chi connectivity index (χ2v) is 7.93. The number of nitrogens with zero attached hydrogens (tertiary/aromatic N) is 2. The molecule has 1 aromatic heterocycles. The van der Waals surface area contributed by atoms with Gasteiger partial charge in [-0.25, -0.2) is 5.01 Å². The number of hydrogen-bond donors (Lipinski definition) is 1. The lowest BCUT2D eigenvalue weighted by Crippen LogP contribution is -2.56. The van der Waals surface area contributed by atoms with Crippen molar-refractivity contribution in [1.29, 1.82) is 0 Å². The largest absolute Gasteiger partial charge is 0.486 e. The van der Waals surface area contributed by atoms with Crippen molar-refractivity contribution in [3.8, 4) is 23.3 Å². The quantitative estimate of drug-likeness (QED) is 0.746. The maximum atomic E-state index is 13.4. The van der Waals surface area contributed by atoms with Crippen molar-refractivity contribution in [2.24, 2.45) is 0 Å². The number of aromatic nitrogens is 1. The van der Waals surface area contributed by atoms with E-state index in [1.807, 2.05) is 20.8 Å². The van der Waals surface area contributed by atoms with Gasteiger partial charge >= 0.3 is 0 Å². The Morgan fingerprint density at radius 2 is 1.71 bits per heavy atom. The highest BCUT2D eigenvalue weighted by Gasteiger charge is 2.32. The van der Waals surface area contributed by atoms with Gasteiger partial charge in [-0.3, -0.25) is 15.0 Å². The van der Waals surface area contributed by atoms with Crippen molar-refractivity contribution < 1.29 is 28.5 Å². The molecule has 0 fully saturated rings. The van der Waals surface area contributed by atoms with Crippen molar-refractivity contribution in [1.82, 2.24) is 15.4 Å². The van der Waals surface area contributed by atoms with Crippen LogP contribution in [0, 0.1) is 6.92 Å². The fourth-order valence-electron chi connectivity index (χ4n) is 3.16. The molecule has 2 amide bonds. The molecular weight excluding hydrogens is 402 g/mol. The number of carbonyl (C=O) groups excluding carboxylic acids is 2. The van der Waals surface area contributed by atoms with Gasteiger partial charge in [0, 0.05) is 17.2 Å². The number of nitrogens with one attached hydrogen (secondary N) is 1. The van der Waals surface area contributed by atoms with Crippen LogP contribution in [0.5, 0.6) is 23.3 Å². The molecule has 0 unspecified atom stereocenters. The van der Waals surface area contributed by atoms with E-state index in [1.165, 1.54) is 19.2 Å². The van der Waals surface area contributed by atoms with Gasteiger partial charge in [0.1, 0.15) is 18.8 Å². The van der Waals surface area contributed by atoms with E-state index in [-0.39, 0.29) is 11.4 Å². The number of rotatable bonds is 4. The summed E-state index contributed by atoms with van der Waals surface area (Å²) in [6.07, 6.45) is 0. The lowest BCUT2D eigenvalue weighted by atomic mass is 10.0. The van der Waals surface area contributed by atoms with Crippen LogP contribution in [0.15, 0.2) is 24.3 Å². The molecule has 0 atom stereocenters. The molecule has 9 heteroatoms. The Bertz CT molecular complexity index is 999. The lowest BCUT2D eigenvalue weighted by Gasteiger charge is -2.35. The predicted octanol–water partition coefficient (Wildman–Crippen LogP) is 2.76. The maximum absolute atomic E-state index is 13.4. The Balaban J connectivity index is 1.93. The number of carbonyl (C=O) groups is 2. The standard InChI is InChI=1S/C22H27N3O6/c1-13-14(7-9-16-18(13)31-12-11-30-16)19(26)24-25(22(2,3)4)21(27)15-8-10-17(28-5)23-20(15)29-6/h7-10H,11-12H2,1-6H3,(H,24,26). The van der Waals surface area contributed by atoms with Crippen LogP contribution in [0.1, 0.15) is 47.1 Å². The molecule has 9 nitrogen and oxygen atoms in total. The van der Waals surface area contributed by atoms with Gasteiger partial charge in [0.2, 0.25) is 11.8 Å². The molecular formula is C22H27N3O6. The summed E-state index contributed by atoms with van der Waals surface area (Å²) in [5.41, 5.74) is 3.21. The van der Waals surface area contributed by atoms with E-state index in [4.69, 9.17) is 18.9 Å². The summed E-state index contributed by atoms with van der Waals surface area (Å²) >= 11 is 0. The summed E-state index contributed by atoms with van der Waals surface area (Å²) in [7, 11) is 2.89. The highest BCUT2D eigenvalue weighted by atomic mass is 16.6. The minimum atomic E-state index is -0.737. The van der Waals surface area contributed by atoms with Gasteiger partial charge in [0.25, 0.3) is 11.8 Å². The molecule has 0 bridgehead atoms. The monoisotopic (exact) mass is 429 g/mol. The Hall–Kier alpha value is -3.49. The summed E-state index contributed by atoms with van der Waals surface area (Å²) in [5, 5.41) is 1.26. The molecule has 2 aromatic rings. The molecule has 0 saturated heterocycles. The number of hydrogen-bond acceptors (Lipinski definition) is 7. The van der Waals surface area contributed by atoms with Crippen LogP contribution in [0.3, 0.4) is 0 Å². The van der Waals surface area contributed by atoms with Gasteiger partial charge in [-0.2, -0.15) is 4.98 Å². The van der Waals surface area contributed by atoms with Crippen LogP contribution in [0.25, 0.3) is 0 Å². The highest BCUT2D eigenvalue weighted by Crippen LogP contribution is 2.35. The van der Waals surface area contributed by atoms with Gasteiger partial charge in [0.15, 0.2) is 11.5 Å². The average Bonchev–Trinajstić information content (AvgIpc) is 2.76. The van der Waals surface area contributed by atoms with Crippen LogP contribution >= 0.6 is 0 Å². The van der Waals surface area contributed by atoms with E-state index in [1.54, 1.807) is 31.2 Å². The van der Waals surface area contributed by atoms with Crippen molar-refractivity contribution in [3.05, 3.63) is 41.0 Å². The third-order valence-corrected chi connectivity index (χ3v) is 4.76. The predicted molar refractivity (Wildman–Crippen MR) is 113 cm³/mol. The molecule has 2 heterocycles. The van der Waals surface area contributed by atoms with E-state index in [9.17, 15) is 9.59 Å². The molecule has 31 heavy (non-hydrogen) atoms. The summed E-state index contributed by atoms with van der Waals surface area (Å²) in [4.78, 5) is 30.7. The van der Waals surface area contributed by atoms with Gasteiger partial charge < -0.3 is 18.9 Å². The first-order valence-corrected chi connectivity index (χ1v) is 9.81. The van der Waals surface area contributed by atoms with Gasteiger partial charge in [-0.1, -0.05) is 0 Å². The van der Waals surface area contributed by atoms with Crippen LogP contribution in [0.4, 0.5) is 0 Å². The van der Waals surface area contributed by atoms with Crippen molar-refractivity contribution in [2.75, 3.05) is 27.4 Å². The van der Waals surface area contributed by atoms with Crippen LogP contribution in [-0.2, 0) is 0 Å². The summed E-state index contributed by atoms with van der Waals surface area (Å²) in [5.74, 6) is 0.628. The molecule has 0 aliphatic carbocycles. The number of ether oxygens (including phenoxy) is 4. The molecule has 1 aromatic carbocycles. The molecule has 0 radical (unpaired) electrons. The SMILES string of the molecule is COc1ccc(C(=O)N(NC(=O)c2ccc3c(c2C)OCCO3)C(C)(C)C)c(OC)n1. The molecule has 166 valence electrons. The Labute approximate surface area is 181 Å². The zero-order valence-electron chi connectivity index (χ0n) is 18.6. The number of methoxy groups -OCH3 is 2. The van der Waals surface area contributed by atoms with Gasteiger partial charge in [0.05, 0.1) is 19.8 Å². The van der Waals surface area contributed by atoms with E-state index >= 15 is 0 Å². The number of pyridine rings is 1. The first kappa shape index (κ1) is 22.2. The number of fused-ring (bicyclic) bond motifs is 1. The smallest absolute Gasteiger partial charge is 0.278 e. The van der Waals surface area contributed by atoms with Crippen molar-refractivity contribution >= 4 is 11.8 Å². The molecule has 0 spiro atoms. The second-order valence-electron chi connectivity index (χ2n) is 7.93. The maximum Gasteiger partial charge on any atom is 0.278 e. The van der Waals surface area contributed by atoms with Gasteiger partial charge in [-0.15, -0.1) is 0 Å².